The summed E-state index contributed by atoms with van der Waals surface area (Å²) in [6, 6.07) is 7.20. The van der Waals surface area contributed by atoms with Gasteiger partial charge in [0.2, 0.25) is 0 Å². The number of ether oxygens (including phenoxy) is 2. The van der Waals surface area contributed by atoms with Gasteiger partial charge in [-0.05, 0) is 50.3 Å². The topological polar surface area (TPSA) is 106 Å². The smallest absolute Gasteiger partial charge is 0.341 e. The normalized spacial score (nSPS) is 12.9. The zero-order valence-electron chi connectivity index (χ0n) is 16.8. The number of amides is 2. The van der Waals surface area contributed by atoms with Crippen LogP contribution in [0.5, 0.6) is 5.75 Å². The Bertz CT molecular complexity index is 983. The summed E-state index contributed by atoms with van der Waals surface area (Å²) in [4.78, 5) is 37.8. The molecule has 0 radical (unpaired) electrons. The van der Waals surface area contributed by atoms with E-state index >= 15 is 0 Å². The van der Waals surface area contributed by atoms with Crippen LogP contribution in [0.3, 0.4) is 0 Å². The predicted molar refractivity (Wildman–Crippen MR) is 114 cm³/mol. The molecule has 1 aliphatic rings. The lowest BCUT2D eigenvalue weighted by Crippen LogP contribution is -2.32. The van der Waals surface area contributed by atoms with Gasteiger partial charge in [0.25, 0.3) is 0 Å². The first-order chi connectivity index (χ1) is 14.5. The number of nitrogens with one attached hydrogen (secondary N) is 2. The first-order valence-corrected chi connectivity index (χ1v) is 10.5. The van der Waals surface area contributed by atoms with Gasteiger partial charge in [0, 0.05) is 10.4 Å². The summed E-state index contributed by atoms with van der Waals surface area (Å²) in [6.45, 7) is 2.36. The van der Waals surface area contributed by atoms with Crippen LogP contribution in [-0.4, -0.2) is 37.7 Å². The number of hydrogen-bond acceptors (Lipinski definition) is 7. The fourth-order valence-electron chi connectivity index (χ4n) is 3.22. The molecule has 1 aromatic carbocycles. The molecule has 2 amide bonds. The summed E-state index contributed by atoms with van der Waals surface area (Å²) in [5.74, 6) is -1.75. The number of carbonyl (C=O) groups is 3. The molecule has 0 unspecified atom stereocenters. The molecule has 2 N–H and O–H groups in total. The van der Waals surface area contributed by atoms with Gasteiger partial charge in [0.15, 0.2) is 0 Å². The Kier molecular flexibility index (Phi) is 7.18. The third-order valence-electron chi connectivity index (χ3n) is 4.58. The Hall–Kier alpha value is -3.20. The van der Waals surface area contributed by atoms with Crippen molar-refractivity contribution in [3.05, 3.63) is 45.8 Å². The summed E-state index contributed by atoms with van der Waals surface area (Å²) < 4.78 is 10.4. The summed E-state index contributed by atoms with van der Waals surface area (Å²) in [5, 5.41) is 6.70. The van der Waals surface area contributed by atoms with Gasteiger partial charge in [-0.15, -0.1) is 11.3 Å². The SMILES string of the molecule is CCOc1ccccc1C=NNC(=O)C(=O)Nc1sc2c(c1C(=O)OC)CCCC2. The van der Waals surface area contributed by atoms with Crippen molar-refractivity contribution in [1.82, 2.24) is 5.43 Å². The number of anilines is 1. The monoisotopic (exact) mass is 429 g/mol. The molecule has 0 aliphatic heterocycles. The second-order valence-electron chi connectivity index (χ2n) is 6.53. The van der Waals surface area contributed by atoms with E-state index in [2.05, 4.69) is 15.8 Å². The maximum atomic E-state index is 12.3. The molecule has 1 heterocycles. The van der Waals surface area contributed by atoms with Gasteiger partial charge in [-0.3, -0.25) is 9.59 Å². The number of nitrogens with zero attached hydrogens (tertiary/aromatic N) is 1. The summed E-state index contributed by atoms with van der Waals surface area (Å²) in [6.07, 6.45) is 5.00. The molecule has 1 aliphatic carbocycles. The first kappa shape index (κ1) is 21.5. The fourth-order valence-corrected chi connectivity index (χ4v) is 4.49. The lowest BCUT2D eigenvalue weighted by atomic mass is 9.95. The second-order valence-corrected chi connectivity index (χ2v) is 7.64. The molecule has 30 heavy (non-hydrogen) atoms. The van der Waals surface area contributed by atoms with E-state index in [9.17, 15) is 14.4 Å². The molecule has 0 atom stereocenters. The van der Waals surface area contributed by atoms with Gasteiger partial charge < -0.3 is 14.8 Å². The molecule has 9 heteroatoms. The lowest BCUT2D eigenvalue weighted by molar-refractivity contribution is -0.136. The van der Waals surface area contributed by atoms with Crippen LogP contribution in [0.15, 0.2) is 29.4 Å². The number of thiophene rings is 1. The Morgan fingerprint density at radius 3 is 2.70 bits per heavy atom. The fraction of sp³-hybridized carbons (Fsp3) is 0.333. The van der Waals surface area contributed by atoms with Crippen LogP contribution in [-0.2, 0) is 27.2 Å². The van der Waals surface area contributed by atoms with Crippen molar-refractivity contribution in [2.45, 2.75) is 32.6 Å². The molecule has 3 rings (SSSR count). The molecule has 0 bridgehead atoms. The van der Waals surface area contributed by atoms with Crippen LogP contribution in [0.1, 0.15) is 46.1 Å². The highest BCUT2D eigenvalue weighted by Gasteiger charge is 2.28. The van der Waals surface area contributed by atoms with Crippen LogP contribution < -0.4 is 15.5 Å². The Morgan fingerprint density at radius 2 is 1.93 bits per heavy atom. The van der Waals surface area contributed by atoms with Crippen molar-refractivity contribution < 1.29 is 23.9 Å². The number of hydrogen-bond donors (Lipinski definition) is 2. The predicted octanol–water partition coefficient (Wildman–Crippen LogP) is 2.90. The lowest BCUT2D eigenvalue weighted by Gasteiger charge is -2.11. The molecular formula is C21H23N3O5S. The van der Waals surface area contributed by atoms with Crippen molar-refractivity contribution in [2.75, 3.05) is 19.0 Å². The van der Waals surface area contributed by atoms with Gasteiger partial charge in [0.1, 0.15) is 10.8 Å². The zero-order valence-corrected chi connectivity index (χ0v) is 17.6. The van der Waals surface area contributed by atoms with Gasteiger partial charge in [-0.25, -0.2) is 10.2 Å². The summed E-state index contributed by atoms with van der Waals surface area (Å²) >= 11 is 1.31. The Labute approximate surface area is 178 Å². The average Bonchev–Trinajstić information content (AvgIpc) is 3.12. The van der Waals surface area contributed by atoms with Gasteiger partial charge >= 0.3 is 17.8 Å². The summed E-state index contributed by atoms with van der Waals surface area (Å²) in [7, 11) is 1.29. The third-order valence-corrected chi connectivity index (χ3v) is 5.79. The third kappa shape index (κ3) is 4.85. The number of benzene rings is 1. The number of fused-ring (bicyclic) bond motifs is 1. The van der Waals surface area contributed by atoms with Crippen LogP contribution in [0.2, 0.25) is 0 Å². The highest BCUT2D eigenvalue weighted by atomic mass is 32.1. The number of para-hydroxylation sites is 1. The number of carbonyl (C=O) groups excluding carboxylic acids is 3. The molecule has 2 aromatic rings. The molecule has 8 nitrogen and oxygen atoms in total. The molecule has 158 valence electrons. The van der Waals surface area contributed by atoms with Crippen molar-refractivity contribution in [2.24, 2.45) is 5.10 Å². The molecule has 0 spiro atoms. The minimum Gasteiger partial charge on any atom is -0.493 e. The van der Waals surface area contributed by atoms with Crippen molar-refractivity contribution in [3.63, 3.8) is 0 Å². The quantitative estimate of drug-likeness (QED) is 0.318. The molecule has 1 aromatic heterocycles. The van der Waals surface area contributed by atoms with Gasteiger partial charge in [-0.1, -0.05) is 12.1 Å². The van der Waals surface area contributed by atoms with E-state index in [4.69, 9.17) is 9.47 Å². The number of rotatable bonds is 6. The zero-order chi connectivity index (χ0) is 21.5. The standard InChI is InChI=1S/C21H23N3O5S/c1-3-29-15-10-6-4-8-13(15)12-22-24-19(26)18(25)23-20-17(21(27)28-2)14-9-5-7-11-16(14)30-20/h4,6,8,10,12H,3,5,7,9,11H2,1-2H3,(H,23,25)(H,24,26). The average molecular weight is 429 g/mol. The minimum absolute atomic E-state index is 0.333. The maximum absolute atomic E-state index is 12.3. The van der Waals surface area contributed by atoms with E-state index in [-0.39, 0.29) is 0 Å². The van der Waals surface area contributed by atoms with Crippen molar-refractivity contribution in [3.8, 4) is 5.75 Å². The number of hydrazone groups is 1. The van der Waals surface area contributed by atoms with Crippen LogP contribution in [0.4, 0.5) is 5.00 Å². The Balaban J connectivity index is 1.69. The largest absolute Gasteiger partial charge is 0.493 e. The molecule has 0 saturated heterocycles. The van der Waals surface area contributed by atoms with Gasteiger partial charge in [0.05, 0.1) is 25.5 Å². The number of methoxy groups -OCH3 is 1. The number of esters is 1. The maximum Gasteiger partial charge on any atom is 0.341 e. The van der Waals surface area contributed by atoms with E-state index in [1.54, 1.807) is 12.1 Å². The molecule has 0 saturated carbocycles. The highest BCUT2D eigenvalue weighted by Crippen LogP contribution is 2.38. The first-order valence-electron chi connectivity index (χ1n) is 9.64. The van der Waals surface area contributed by atoms with E-state index < -0.39 is 17.8 Å². The van der Waals surface area contributed by atoms with Crippen molar-refractivity contribution in [1.29, 1.82) is 0 Å². The highest BCUT2D eigenvalue weighted by molar-refractivity contribution is 7.17. The van der Waals surface area contributed by atoms with Gasteiger partial charge in [-0.2, -0.15) is 5.10 Å². The molecular weight excluding hydrogens is 406 g/mol. The molecule has 0 fully saturated rings. The van der Waals surface area contributed by atoms with Crippen LogP contribution in [0, 0.1) is 0 Å². The van der Waals surface area contributed by atoms with Crippen molar-refractivity contribution >= 4 is 40.3 Å². The van der Waals surface area contributed by atoms with E-state index in [1.807, 2.05) is 19.1 Å². The van der Waals surface area contributed by atoms with Crippen LogP contribution in [0.25, 0.3) is 0 Å². The van der Waals surface area contributed by atoms with Crippen LogP contribution >= 0.6 is 11.3 Å². The minimum atomic E-state index is -0.942. The van der Waals surface area contributed by atoms with E-state index in [0.717, 1.165) is 36.1 Å². The van der Waals surface area contributed by atoms with E-state index in [1.165, 1.54) is 24.7 Å². The second kappa shape index (κ2) is 10.0. The Morgan fingerprint density at radius 1 is 1.17 bits per heavy atom. The number of aryl methyl sites for hydroxylation is 1. The summed E-state index contributed by atoms with van der Waals surface area (Å²) in [5.41, 5.74) is 4.10. The van der Waals surface area contributed by atoms with E-state index in [0.29, 0.717) is 28.5 Å².